The number of nitrogens with one attached hydrogen (secondary N) is 1. The Morgan fingerprint density at radius 2 is 2.15 bits per heavy atom. The molecule has 1 N–H and O–H groups in total. The van der Waals surface area contributed by atoms with E-state index in [4.69, 9.17) is 9.47 Å². The lowest BCUT2D eigenvalue weighted by molar-refractivity contribution is -0.0649. The number of aromatic nitrogens is 1. The van der Waals surface area contributed by atoms with Crippen LogP contribution in [-0.4, -0.2) is 48.2 Å². The topological polar surface area (TPSA) is 54.6 Å². The molecule has 1 amide bonds. The van der Waals surface area contributed by atoms with E-state index in [2.05, 4.69) is 4.98 Å². The van der Waals surface area contributed by atoms with Gasteiger partial charge in [-0.15, -0.1) is 0 Å². The highest BCUT2D eigenvalue weighted by Gasteiger charge is 2.25. The average Bonchev–Trinajstić information content (AvgIpc) is 3.17. The lowest BCUT2D eigenvalue weighted by Gasteiger charge is -2.33. The highest BCUT2D eigenvalue weighted by atomic mass is 19.1. The summed E-state index contributed by atoms with van der Waals surface area (Å²) in [7, 11) is 0. The van der Waals surface area contributed by atoms with Gasteiger partial charge in [0.1, 0.15) is 5.82 Å². The van der Waals surface area contributed by atoms with Gasteiger partial charge < -0.3 is 19.4 Å². The molecule has 2 heterocycles. The minimum absolute atomic E-state index is 0.0195. The number of carbonyl (C=O) groups excluding carboxylic acids is 1. The van der Waals surface area contributed by atoms with Crippen LogP contribution in [0.2, 0.25) is 0 Å². The number of rotatable bonds is 5. The molecule has 1 unspecified atom stereocenters. The van der Waals surface area contributed by atoms with Crippen molar-refractivity contribution >= 4 is 16.8 Å². The normalized spacial score (nSPS) is 17.4. The van der Waals surface area contributed by atoms with E-state index in [1.54, 1.807) is 23.1 Å². The zero-order valence-electron chi connectivity index (χ0n) is 14.9. The van der Waals surface area contributed by atoms with E-state index < -0.39 is 0 Å². The van der Waals surface area contributed by atoms with Gasteiger partial charge in [-0.1, -0.05) is 24.3 Å². The monoisotopic (exact) mass is 368 g/mol. The first kappa shape index (κ1) is 17.7. The Bertz CT molecular complexity index is 940. The Morgan fingerprint density at radius 1 is 1.26 bits per heavy atom. The summed E-state index contributed by atoms with van der Waals surface area (Å²) in [5.41, 5.74) is 2.11. The maximum Gasteiger partial charge on any atom is 0.254 e. The van der Waals surface area contributed by atoms with Gasteiger partial charge in [0.25, 0.3) is 5.91 Å². The van der Waals surface area contributed by atoms with Crippen molar-refractivity contribution < 1.29 is 18.7 Å². The third-order valence-electron chi connectivity index (χ3n) is 4.75. The van der Waals surface area contributed by atoms with Crippen LogP contribution in [0.1, 0.15) is 15.9 Å². The first-order valence-corrected chi connectivity index (χ1v) is 9.00. The molecular weight excluding hydrogens is 347 g/mol. The van der Waals surface area contributed by atoms with Gasteiger partial charge in [0, 0.05) is 35.9 Å². The Labute approximate surface area is 156 Å². The molecule has 6 heteroatoms. The van der Waals surface area contributed by atoms with Gasteiger partial charge in [0.05, 0.1) is 25.9 Å². The number of hydrogen-bond donors (Lipinski definition) is 1. The van der Waals surface area contributed by atoms with Gasteiger partial charge >= 0.3 is 0 Å². The molecule has 1 atom stereocenters. The van der Waals surface area contributed by atoms with Gasteiger partial charge in [0.15, 0.2) is 0 Å². The van der Waals surface area contributed by atoms with Crippen LogP contribution in [0.5, 0.6) is 0 Å². The van der Waals surface area contributed by atoms with E-state index in [0.717, 1.165) is 10.9 Å². The van der Waals surface area contributed by atoms with E-state index in [0.29, 0.717) is 37.4 Å². The fourth-order valence-electron chi connectivity index (χ4n) is 3.28. The van der Waals surface area contributed by atoms with Crippen LogP contribution < -0.4 is 0 Å². The van der Waals surface area contributed by atoms with Crippen LogP contribution in [0.3, 0.4) is 0 Å². The predicted molar refractivity (Wildman–Crippen MR) is 100.0 cm³/mol. The quantitative estimate of drug-likeness (QED) is 0.751. The van der Waals surface area contributed by atoms with Crippen molar-refractivity contribution in [2.75, 3.05) is 26.3 Å². The van der Waals surface area contributed by atoms with E-state index in [9.17, 15) is 9.18 Å². The van der Waals surface area contributed by atoms with E-state index in [1.807, 2.05) is 30.5 Å². The number of fused-ring (bicyclic) bond motifs is 1. The summed E-state index contributed by atoms with van der Waals surface area (Å²) < 4.78 is 24.9. The number of ether oxygens (including phenoxy) is 2. The minimum atomic E-state index is -0.279. The fourth-order valence-corrected chi connectivity index (χ4v) is 3.28. The number of H-pyrrole nitrogens is 1. The molecule has 1 fully saturated rings. The van der Waals surface area contributed by atoms with E-state index >= 15 is 0 Å². The van der Waals surface area contributed by atoms with Gasteiger partial charge in [-0.05, 0) is 29.7 Å². The summed E-state index contributed by atoms with van der Waals surface area (Å²) in [6.07, 6.45) is 1.64. The van der Waals surface area contributed by atoms with Crippen molar-refractivity contribution in [2.24, 2.45) is 0 Å². The Balaban J connectivity index is 1.34. The molecular formula is C21H21FN2O3. The molecule has 1 aliphatic rings. The third-order valence-corrected chi connectivity index (χ3v) is 4.75. The maximum atomic E-state index is 13.6. The van der Waals surface area contributed by atoms with Crippen molar-refractivity contribution in [1.82, 2.24) is 9.88 Å². The number of benzene rings is 2. The molecule has 3 aromatic rings. The molecule has 1 aromatic heterocycles. The Hall–Kier alpha value is -2.70. The summed E-state index contributed by atoms with van der Waals surface area (Å²) in [6, 6.07) is 14.2. The SMILES string of the molecule is O=C(c1ccc2cc[nH]c2c1)N1CCOC(COCc2ccccc2F)C1. The summed E-state index contributed by atoms with van der Waals surface area (Å²) >= 11 is 0. The highest BCUT2D eigenvalue weighted by molar-refractivity contribution is 5.98. The average molecular weight is 368 g/mol. The van der Waals surface area contributed by atoms with Crippen molar-refractivity contribution in [1.29, 1.82) is 0 Å². The highest BCUT2D eigenvalue weighted by Crippen LogP contribution is 2.17. The molecule has 1 aliphatic heterocycles. The maximum absolute atomic E-state index is 13.6. The van der Waals surface area contributed by atoms with Crippen LogP contribution in [0, 0.1) is 5.82 Å². The molecule has 4 rings (SSSR count). The number of morpholine rings is 1. The number of carbonyl (C=O) groups is 1. The van der Waals surface area contributed by atoms with Crippen molar-refractivity contribution in [2.45, 2.75) is 12.7 Å². The zero-order valence-corrected chi connectivity index (χ0v) is 14.9. The summed E-state index contributed by atoms with van der Waals surface area (Å²) in [5.74, 6) is -0.299. The van der Waals surface area contributed by atoms with Gasteiger partial charge in [-0.3, -0.25) is 4.79 Å². The standard InChI is InChI=1S/C21H21FN2O3/c22-19-4-2-1-3-17(19)13-26-14-18-12-24(9-10-27-18)21(25)16-6-5-15-7-8-23-20(15)11-16/h1-8,11,18,23H,9-10,12-14H2. The van der Waals surface area contributed by atoms with Crippen LogP contribution in [0.4, 0.5) is 4.39 Å². The van der Waals surface area contributed by atoms with Crippen molar-refractivity contribution in [3.8, 4) is 0 Å². The summed E-state index contributed by atoms with van der Waals surface area (Å²) in [4.78, 5) is 17.7. The summed E-state index contributed by atoms with van der Waals surface area (Å²) in [6.45, 7) is 1.96. The van der Waals surface area contributed by atoms with Crippen molar-refractivity contribution in [3.05, 3.63) is 71.7 Å². The molecule has 0 saturated carbocycles. The lowest BCUT2D eigenvalue weighted by Crippen LogP contribution is -2.47. The van der Waals surface area contributed by atoms with Gasteiger partial charge in [-0.25, -0.2) is 4.39 Å². The molecule has 140 valence electrons. The number of hydrogen-bond acceptors (Lipinski definition) is 3. The molecule has 27 heavy (non-hydrogen) atoms. The smallest absolute Gasteiger partial charge is 0.254 e. The van der Waals surface area contributed by atoms with E-state index in [1.165, 1.54) is 6.07 Å². The first-order valence-electron chi connectivity index (χ1n) is 9.00. The Kier molecular flexibility index (Phi) is 5.18. The number of amides is 1. The minimum Gasteiger partial charge on any atom is -0.374 e. The largest absolute Gasteiger partial charge is 0.374 e. The van der Waals surface area contributed by atoms with E-state index in [-0.39, 0.29) is 24.4 Å². The first-order chi connectivity index (χ1) is 13.2. The second-order valence-electron chi connectivity index (χ2n) is 6.63. The Morgan fingerprint density at radius 3 is 3.04 bits per heavy atom. The molecule has 2 aromatic carbocycles. The molecule has 0 aliphatic carbocycles. The molecule has 5 nitrogen and oxygen atoms in total. The lowest BCUT2D eigenvalue weighted by atomic mass is 10.1. The fraction of sp³-hybridized carbons (Fsp3) is 0.286. The van der Waals surface area contributed by atoms with Crippen molar-refractivity contribution in [3.63, 3.8) is 0 Å². The number of nitrogens with zero attached hydrogens (tertiary/aromatic N) is 1. The van der Waals surface area contributed by atoms with Gasteiger partial charge in [-0.2, -0.15) is 0 Å². The molecule has 0 spiro atoms. The van der Waals surface area contributed by atoms with Crippen LogP contribution in [-0.2, 0) is 16.1 Å². The summed E-state index contributed by atoms with van der Waals surface area (Å²) in [5, 5.41) is 1.08. The van der Waals surface area contributed by atoms with Crippen LogP contribution in [0.15, 0.2) is 54.7 Å². The predicted octanol–water partition coefficient (Wildman–Crippen LogP) is 3.36. The number of halogens is 1. The zero-order chi connectivity index (χ0) is 18.6. The molecule has 1 saturated heterocycles. The van der Waals surface area contributed by atoms with Crippen LogP contribution in [0.25, 0.3) is 10.9 Å². The molecule has 0 bridgehead atoms. The number of aromatic amines is 1. The van der Waals surface area contributed by atoms with Crippen LogP contribution >= 0.6 is 0 Å². The second-order valence-corrected chi connectivity index (χ2v) is 6.63. The second kappa shape index (κ2) is 7.90. The van der Waals surface area contributed by atoms with Gasteiger partial charge in [0.2, 0.25) is 0 Å². The third kappa shape index (κ3) is 4.02. The molecule has 0 radical (unpaired) electrons.